The van der Waals surface area contributed by atoms with Crippen LogP contribution in [0.4, 0.5) is 22.0 Å². The van der Waals surface area contributed by atoms with Gasteiger partial charge in [0.15, 0.2) is 17.4 Å². The van der Waals surface area contributed by atoms with E-state index < -0.39 is 64.7 Å². The third kappa shape index (κ3) is 3.85. The second-order valence-electron chi connectivity index (χ2n) is 5.77. The number of phenols is 2. The van der Waals surface area contributed by atoms with Crippen LogP contribution >= 0.6 is 0 Å². The zero-order chi connectivity index (χ0) is 20.6. The van der Waals surface area contributed by atoms with E-state index in [9.17, 15) is 37.0 Å². The first-order chi connectivity index (χ1) is 13.1. The Morgan fingerprint density at radius 3 is 2.39 bits per heavy atom. The van der Waals surface area contributed by atoms with Crippen molar-refractivity contribution < 1.29 is 41.3 Å². The predicted molar refractivity (Wildman–Crippen MR) is 87.3 cm³/mol. The lowest BCUT2D eigenvalue weighted by atomic mass is 10.1. The highest BCUT2D eigenvalue weighted by Gasteiger charge is 2.28. The number of hydrogen-bond donors (Lipinski definition) is 2. The second-order valence-corrected chi connectivity index (χ2v) is 5.77. The largest absolute Gasteiger partial charge is 0.508 e. The van der Waals surface area contributed by atoms with Gasteiger partial charge in [-0.25, -0.2) is 8.78 Å². The van der Waals surface area contributed by atoms with Gasteiger partial charge in [-0.2, -0.15) is 13.2 Å². The molecule has 2 aromatic carbocycles. The molecule has 1 heterocycles. The zero-order valence-electron chi connectivity index (χ0n) is 13.8. The summed E-state index contributed by atoms with van der Waals surface area (Å²) < 4.78 is 74.3. The summed E-state index contributed by atoms with van der Waals surface area (Å²) in [5, 5.41) is 19.0. The van der Waals surface area contributed by atoms with Crippen molar-refractivity contribution in [1.29, 1.82) is 0 Å². The van der Waals surface area contributed by atoms with Crippen LogP contribution in [-0.2, 0) is 0 Å². The van der Waals surface area contributed by atoms with Crippen molar-refractivity contribution in [3.05, 3.63) is 52.2 Å². The fraction of sp³-hybridized carbons (Fsp3) is 0.167. The number of halogens is 5. The summed E-state index contributed by atoms with van der Waals surface area (Å²) in [5.74, 6) is -4.84. The maximum Gasteiger partial charge on any atom is 0.392 e. The highest BCUT2D eigenvalue weighted by atomic mass is 19.4. The molecule has 0 saturated carbocycles. The first-order valence-corrected chi connectivity index (χ1v) is 7.74. The van der Waals surface area contributed by atoms with Crippen molar-refractivity contribution in [1.82, 2.24) is 0 Å². The number of benzene rings is 2. The highest BCUT2D eigenvalue weighted by Crippen LogP contribution is 2.36. The number of ether oxygens (including phenoxy) is 1. The molecule has 0 bridgehead atoms. The second kappa shape index (κ2) is 7.02. The lowest BCUT2D eigenvalue weighted by Gasteiger charge is -2.13. The van der Waals surface area contributed by atoms with Crippen molar-refractivity contribution in [2.45, 2.75) is 12.6 Å². The summed E-state index contributed by atoms with van der Waals surface area (Å²) in [7, 11) is 0. The maximum atomic E-state index is 13.6. The molecule has 28 heavy (non-hydrogen) atoms. The van der Waals surface area contributed by atoms with Gasteiger partial charge in [0.05, 0.1) is 13.0 Å². The van der Waals surface area contributed by atoms with E-state index in [-0.39, 0.29) is 11.1 Å². The molecule has 0 saturated heterocycles. The van der Waals surface area contributed by atoms with Crippen molar-refractivity contribution in [3.8, 4) is 28.6 Å². The van der Waals surface area contributed by atoms with Crippen LogP contribution in [-0.4, -0.2) is 23.0 Å². The molecule has 2 N–H and O–H groups in total. The van der Waals surface area contributed by atoms with Crippen LogP contribution in [0.2, 0.25) is 0 Å². The van der Waals surface area contributed by atoms with E-state index in [1.54, 1.807) is 0 Å². The maximum absolute atomic E-state index is 13.6. The van der Waals surface area contributed by atoms with Crippen LogP contribution in [0.1, 0.15) is 6.42 Å². The van der Waals surface area contributed by atoms with Crippen LogP contribution in [0.5, 0.6) is 17.2 Å². The van der Waals surface area contributed by atoms with E-state index in [1.807, 2.05) is 0 Å². The summed E-state index contributed by atoms with van der Waals surface area (Å²) in [6.07, 6.45) is -5.95. The van der Waals surface area contributed by atoms with Crippen molar-refractivity contribution in [3.63, 3.8) is 0 Å². The Kier molecular flexibility index (Phi) is 4.88. The molecule has 0 radical (unpaired) electrons. The molecule has 3 aromatic rings. The minimum atomic E-state index is -4.56. The van der Waals surface area contributed by atoms with Gasteiger partial charge in [-0.15, -0.1) is 0 Å². The predicted octanol–water partition coefficient (Wildman–Crippen LogP) is 4.48. The average Bonchev–Trinajstić information content (AvgIpc) is 2.57. The van der Waals surface area contributed by atoms with Crippen molar-refractivity contribution >= 4 is 11.0 Å². The van der Waals surface area contributed by atoms with E-state index in [4.69, 9.17) is 9.15 Å². The van der Waals surface area contributed by atoms with E-state index in [0.29, 0.717) is 6.07 Å². The summed E-state index contributed by atoms with van der Waals surface area (Å²) in [5.41, 5.74) is -1.56. The van der Waals surface area contributed by atoms with Gasteiger partial charge in [-0.1, -0.05) is 0 Å². The Balaban J connectivity index is 2.22. The van der Waals surface area contributed by atoms with E-state index >= 15 is 0 Å². The topological polar surface area (TPSA) is 79.9 Å². The lowest BCUT2D eigenvalue weighted by molar-refractivity contribution is -0.139. The Morgan fingerprint density at radius 1 is 1.04 bits per heavy atom. The van der Waals surface area contributed by atoms with Crippen LogP contribution in [0.25, 0.3) is 22.3 Å². The van der Waals surface area contributed by atoms with E-state index in [2.05, 4.69) is 0 Å². The quantitative estimate of drug-likeness (QED) is 0.629. The molecule has 0 atom stereocenters. The first-order valence-electron chi connectivity index (χ1n) is 7.74. The molecule has 1 aromatic heterocycles. The molecule has 0 aliphatic rings. The molecule has 0 fully saturated rings. The molecule has 3 rings (SSSR count). The molecular weight excluding hydrogens is 391 g/mol. The van der Waals surface area contributed by atoms with Crippen LogP contribution < -0.4 is 10.2 Å². The SMILES string of the molecule is O=c1c(OCCC(F)(F)F)c(-c2ccc(F)c(F)c2)oc2cc(O)cc(O)c12. The molecule has 0 aliphatic heterocycles. The minimum Gasteiger partial charge on any atom is -0.508 e. The van der Waals surface area contributed by atoms with Gasteiger partial charge in [0.1, 0.15) is 22.5 Å². The summed E-state index contributed by atoms with van der Waals surface area (Å²) in [4.78, 5) is 12.7. The zero-order valence-corrected chi connectivity index (χ0v) is 13.8. The molecule has 5 nitrogen and oxygen atoms in total. The standard InChI is InChI=1S/C18H11F5O5/c19-10-2-1-8(5-11(10)20)16-17(27-4-3-18(21,22)23)15(26)14-12(25)6-9(24)7-13(14)28-16/h1-2,5-7,24-25H,3-4H2. The Hall–Kier alpha value is -3.30. The third-order valence-electron chi connectivity index (χ3n) is 3.73. The Bertz CT molecular complexity index is 1100. The number of rotatable bonds is 4. The Morgan fingerprint density at radius 2 is 1.75 bits per heavy atom. The third-order valence-corrected chi connectivity index (χ3v) is 3.73. The highest BCUT2D eigenvalue weighted by molar-refractivity contribution is 5.88. The normalized spacial score (nSPS) is 11.8. The molecule has 0 amide bonds. The summed E-state index contributed by atoms with van der Waals surface area (Å²) in [6.45, 7) is -0.949. The van der Waals surface area contributed by atoms with Gasteiger partial charge < -0.3 is 19.4 Å². The number of hydrogen-bond acceptors (Lipinski definition) is 5. The van der Waals surface area contributed by atoms with Gasteiger partial charge in [-0.3, -0.25) is 4.79 Å². The van der Waals surface area contributed by atoms with Crippen LogP contribution in [0, 0.1) is 11.6 Å². The lowest BCUT2D eigenvalue weighted by Crippen LogP contribution is -2.17. The van der Waals surface area contributed by atoms with Crippen LogP contribution in [0.3, 0.4) is 0 Å². The fourth-order valence-electron chi connectivity index (χ4n) is 2.50. The van der Waals surface area contributed by atoms with Gasteiger partial charge >= 0.3 is 6.18 Å². The monoisotopic (exact) mass is 402 g/mol. The molecular formula is C18H11F5O5. The summed E-state index contributed by atoms with van der Waals surface area (Å²) >= 11 is 0. The van der Waals surface area contributed by atoms with Crippen LogP contribution in [0.15, 0.2) is 39.5 Å². The van der Waals surface area contributed by atoms with Gasteiger partial charge in [0, 0.05) is 17.7 Å². The number of phenolic OH excluding ortho intramolecular Hbond substituents is 2. The van der Waals surface area contributed by atoms with Gasteiger partial charge in [0.2, 0.25) is 11.2 Å². The van der Waals surface area contributed by atoms with Gasteiger partial charge in [0.25, 0.3) is 0 Å². The molecule has 0 spiro atoms. The average molecular weight is 402 g/mol. The van der Waals surface area contributed by atoms with Crippen molar-refractivity contribution in [2.24, 2.45) is 0 Å². The van der Waals surface area contributed by atoms with Crippen molar-refractivity contribution in [2.75, 3.05) is 6.61 Å². The first kappa shape index (κ1) is 19.5. The fourth-order valence-corrected chi connectivity index (χ4v) is 2.50. The molecule has 148 valence electrons. The number of aromatic hydroxyl groups is 2. The van der Waals surface area contributed by atoms with E-state index in [0.717, 1.165) is 24.3 Å². The minimum absolute atomic E-state index is 0.192. The Labute approximate surface area is 153 Å². The van der Waals surface area contributed by atoms with E-state index in [1.165, 1.54) is 0 Å². The molecule has 0 unspecified atom stereocenters. The molecule has 10 heteroatoms. The number of fused-ring (bicyclic) bond motifs is 1. The smallest absolute Gasteiger partial charge is 0.392 e. The van der Waals surface area contributed by atoms with Gasteiger partial charge in [-0.05, 0) is 18.2 Å². The molecule has 0 aliphatic carbocycles. The number of alkyl halides is 3. The summed E-state index contributed by atoms with van der Waals surface area (Å²) in [6, 6.07) is 4.23.